The fourth-order valence-corrected chi connectivity index (χ4v) is 3.54. The van der Waals surface area contributed by atoms with Crippen LogP contribution in [0.5, 0.6) is 0 Å². The predicted molar refractivity (Wildman–Crippen MR) is 109 cm³/mol. The molecular formula is C22H17F3N4O2. The second-order valence-corrected chi connectivity index (χ2v) is 7.15. The number of anilines is 1. The molecule has 0 spiro atoms. The summed E-state index contributed by atoms with van der Waals surface area (Å²) in [5.41, 5.74) is 1.22. The van der Waals surface area contributed by atoms with E-state index in [9.17, 15) is 13.2 Å². The van der Waals surface area contributed by atoms with Gasteiger partial charge in [0.1, 0.15) is 5.82 Å². The van der Waals surface area contributed by atoms with Crippen molar-refractivity contribution < 1.29 is 22.4 Å². The van der Waals surface area contributed by atoms with Crippen molar-refractivity contribution in [3.8, 4) is 22.8 Å². The third-order valence-electron chi connectivity index (χ3n) is 5.14. The van der Waals surface area contributed by atoms with E-state index < -0.39 is 11.7 Å². The van der Waals surface area contributed by atoms with Gasteiger partial charge < -0.3 is 14.2 Å². The molecule has 0 bridgehead atoms. The normalized spacial score (nSPS) is 14.9. The second-order valence-electron chi connectivity index (χ2n) is 7.15. The number of hydrogen-bond donors (Lipinski definition) is 0. The standard InChI is InChI=1S/C22H17F3N4O2/c23-22(24,25)16-7-5-14(6-8-16)21-27-19(28-31-21)17-13-15-3-1-2-4-18(15)26-20(17)29-9-11-30-12-10-29/h1-8,13H,9-12H2. The Bertz CT molecular complexity index is 1220. The Morgan fingerprint density at radius 2 is 1.65 bits per heavy atom. The highest BCUT2D eigenvalue weighted by atomic mass is 19.4. The van der Waals surface area contributed by atoms with Crippen LogP contribution in [0.1, 0.15) is 5.56 Å². The van der Waals surface area contributed by atoms with Crippen molar-refractivity contribution in [2.24, 2.45) is 0 Å². The van der Waals surface area contributed by atoms with Crippen LogP contribution in [-0.4, -0.2) is 41.4 Å². The van der Waals surface area contributed by atoms with Crippen LogP contribution in [0.2, 0.25) is 0 Å². The van der Waals surface area contributed by atoms with Gasteiger partial charge in [-0.05, 0) is 36.4 Å². The molecule has 0 amide bonds. The number of morpholine rings is 1. The Labute approximate surface area is 175 Å². The van der Waals surface area contributed by atoms with Crippen molar-refractivity contribution in [2.75, 3.05) is 31.2 Å². The SMILES string of the molecule is FC(F)(F)c1ccc(-c2nc(-c3cc4ccccc4nc3N3CCOCC3)no2)cc1. The largest absolute Gasteiger partial charge is 0.416 e. The molecule has 1 aliphatic heterocycles. The fraction of sp³-hybridized carbons (Fsp3) is 0.227. The Kier molecular flexibility index (Phi) is 4.82. The molecule has 4 aromatic rings. The smallest absolute Gasteiger partial charge is 0.378 e. The molecule has 5 rings (SSSR count). The third kappa shape index (κ3) is 3.84. The molecule has 3 heterocycles. The van der Waals surface area contributed by atoms with Gasteiger partial charge in [0, 0.05) is 24.0 Å². The maximum Gasteiger partial charge on any atom is 0.416 e. The van der Waals surface area contributed by atoms with Gasteiger partial charge in [-0.25, -0.2) is 4.98 Å². The summed E-state index contributed by atoms with van der Waals surface area (Å²) in [6.45, 7) is 2.55. The molecule has 0 radical (unpaired) electrons. The molecule has 1 fully saturated rings. The summed E-state index contributed by atoms with van der Waals surface area (Å²) in [5.74, 6) is 1.20. The van der Waals surface area contributed by atoms with Gasteiger partial charge >= 0.3 is 6.18 Å². The molecular weight excluding hydrogens is 409 g/mol. The van der Waals surface area contributed by atoms with Gasteiger partial charge in [-0.1, -0.05) is 23.4 Å². The van der Waals surface area contributed by atoms with Crippen LogP contribution in [-0.2, 0) is 10.9 Å². The van der Waals surface area contributed by atoms with Crippen LogP contribution in [0.4, 0.5) is 19.0 Å². The Morgan fingerprint density at radius 3 is 2.39 bits per heavy atom. The van der Waals surface area contributed by atoms with Gasteiger partial charge in [0.2, 0.25) is 5.82 Å². The highest BCUT2D eigenvalue weighted by molar-refractivity contribution is 5.88. The van der Waals surface area contributed by atoms with E-state index in [1.807, 2.05) is 30.3 Å². The lowest BCUT2D eigenvalue weighted by Crippen LogP contribution is -2.37. The summed E-state index contributed by atoms with van der Waals surface area (Å²) in [4.78, 5) is 11.4. The number of alkyl halides is 3. The number of para-hydroxylation sites is 1. The fourth-order valence-electron chi connectivity index (χ4n) is 3.54. The van der Waals surface area contributed by atoms with E-state index in [0.29, 0.717) is 43.3 Å². The maximum atomic E-state index is 12.8. The molecule has 0 saturated carbocycles. The molecule has 0 N–H and O–H groups in total. The predicted octanol–water partition coefficient (Wildman–Crippen LogP) is 4.81. The monoisotopic (exact) mass is 426 g/mol. The lowest BCUT2D eigenvalue weighted by molar-refractivity contribution is -0.137. The van der Waals surface area contributed by atoms with Gasteiger partial charge in [-0.2, -0.15) is 18.2 Å². The highest BCUT2D eigenvalue weighted by Crippen LogP contribution is 2.34. The minimum absolute atomic E-state index is 0.143. The molecule has 31 heavy (non-hydrogen) atoms. The Hall–Kier alpha value is -3.46. The van der Waals surface area contributed by atoms with Crippen LogP contribution in [0.15, 0.2) is 59.1 Å². The van der Waals surface area contributed by atoms with Crippen LogP contribution < -0.4 is 4.90 Å². The van der Waals surface area contributed by atoms with Crippen molar-refractivity contribution in [3.05, 3.63) is 60.2 Å². The van der Waals surface area contributed by atoms with Crippen LogP contribution in [0.3, 0.4) is 0 Å². The zero-order chi connectivity index (χ0) is 21.4. The van der Waals surface area contributed by atoms with E-state index in [-0.39, 0.29) is 5.89 Å². The summed E-state index contributed by atoms with van der Waals surface area (Å²) in [6, 6.07) is 14.3. The first-order valence-corrected chi connectivity index (χ1v) is 9.73. The van der Waals surface area contributed by atoms with E-state index in [1.165, 1.54) is 12.1 Å². The van der Waals surface area contributed by atoms with Gasteiger partial charge in [0.15, 0.2) is 0 Å². The van der Waals surface area contributed by atoms with Crippen molar-refractivity contribution in [1.82, 2.24) is 15.1 Å². The zero-order valence-corrected chi connectivity index (χ0v) is 16.3. The number of ether oxygens (including phenoxy) is 1. The molecule has 9 heteroatoms. The summed E-state index contributed by atoms with van der Waals surface area (Å²) in [5, 5.41) is 5.02. The van der Waals surface area contributed by atoms with E-state index in [4.69, 9.17) is 14.2 Å². The molecule has 6 nitrogen and oxygen atoms in total. The number of rotatable bonds is 3. The minimum Gasteiger partial charge on any atom is -0.378 e. The number of halogens is 3. The molecule has 158 valence electrons. The first-order valence-electron chi connectivity index (χ1n) is 9.73. The van der Waals surface area contributed by atoms with Gasteiger partial charge in [0.05, 0.1) is 29.9 Å². The molecule has 1 aliphatic rings. The number of nitrogens with zero attached hydrogens (tertiary/aromatic N) is 4. The van der Waals surface area contributed by atoms with E-state index >= 15 is 0 Å². The summed E-state index contributed by atoms with van der Waals surface area (Å²) >= 11 is 0. The number of fused-ring (bicyclic) bond motifs is 1. The number of benzene rings is 2. The molecule has 2 aromatic carbocycles. The molecule has 1 saturated heterocycles. The van der Waals surface area contributed by atoms with Crippen molar-refractivity contribution >= 4 is 16.7 Å². The molecule has 0 unspecified atom stereocenters. The first-order chi connectivity index (χ1) is 15.0. The average Bonchev–Trinajstić information content (AvgIpc) is 3.28. The first kappa shape index (κ1) is 19.5. The Balaban J connectivity index is 1.55. The van der Waals surface area contributed by atoms with Gasteiger partial charge in [0.25, 0.3) is 5.89 Å². The topological polar surface area (TPSA) is 64.3 Å². The van der Waals surface area contributed by atoms with Gasteiger partial charge in [-0.3, -0.25) is 0 Å². The summed E-state index contributed by atoms with van der Waals surface area (Å²) in [6.07, 6.45) is -4.40. The van der Waals surface area contributed by atoms with Crippen molar-refractivity contribution in [3.63, 3.8) is 0 Å². The number of pyridine rings is 1. The lowest BCUT2D eigenvalue weighted by Gasteiger charge is -2.29. The van der Waals surface area contributed by atoms with E-state index in [1.54, 1.807) is 0 Å². The number of hydrogen-bond acceptors (Lipinski definition) is 6. The zero-order valence-electron chi connectivity index (χ0n) is 16.3. The maximum absolute atomic E-state index is 12.8. The van der Waals surface area contributed by atoms with Crippen LogP contribution >= 0.6 is 0 Å². The number of aromatic nitrogens is 3. The van der Waals surface area contributed by atoms with E-state index in [2.05, 4.69) is 15.0 Å². The summed E-state index contributed by atoms with van der Waals surface area (Å²) < 4.78 is 49.3. The van der Waals surface area contributed by atoms with Crippen LogP contribution in [0.25, 0.3) is 33.7 Å². The summed E-state index contributed by atoms with van der Waals surface area (Å²) in [7, 11) is 0. The highest BCUT2D eigenvalue weighted by Gasteiger charge is 2.30. The van der Waals surface area contributed by atoms with Gasteiger partial charge in [-0.15, -0.1) is 0 Å². The molecule has 0 aliphatic carbocycles. The van der Waals surface area contributed by atoms with Crippen molar-refractivity contribution in [1.29, 1.82) is 0 Å². The van der Waals surface area contributed by atoms with E-state index in [0.717, 1.165) is 28.9 Å². The lowest BCUT2D eigenvalue weighted by atomic mass is 10.1. The minimum atomic E-state index is -4.40. The second kappa shape index (κ2) is 7.66. The van der Waals surface area contributed by atoms with Crippen molar-refractivity contribution in [2.45, 2.75) is 6.18 Å². The van der Waals surface area contributed by atoms with Crippen LogP contribution in [0, 0.1) is 0 Å². The Morgan fingerprint density at radius 1 is 0.903 bits per heavy atom. The third-order valence-corrected chi connectivity index (χ3v) is 5.14. The average molecular weight is 426 g/mol. The molecule has 0 atom stereocenters. The quantitative estimate of drug-likeness (QED) is 0.469. The molecule has 2 aromatic heterocycles.